The molecular formula is C19H16N2O3. The second-order valence-corrected chi connectivity index (χ2v) is 5.81. The van der Waals surface area contributed by atoms with Crippen LogP contribution in [0.5, 0.6) is 5.75 Å². The molecule has 0 atom stereocenters. The summed E-state index contributed by atoms with van der Waals surface area (Å²) in [5.74, 6) is 0.238. The second kappa shape index (κ2) is 5.53. The molecule has 0 unspecified atom stereocenters. The molecule has 0 spiro atoms. The highest BCUT2D eigenvalue weighted by Gasteiger charge is 2.20. The molecule has 1 aliphatic heterocycles. The summed E-state index contributed by atoms with van der Waals surface area (Å²) in [4.78, 5) is 25.3. The van der Waals surface area contributed by atoms with E-state index in [9.17, 15) is 9.59 Å². The maximum absolute atomic E-state index is 12.7. The number of aromatic nitrogens is 1. The number of rotatable bonds is 3. The van der Waals surface area contributed by atoms with E-state index in [4.69, 9.17) is 4.74 Å². The Bertz CT molecular complexity index is 1020. The minimum absolute atomic E-state index is 0.157. The van der Waals surface area contributed by atoms with Crippen LogP contribution in [0.2, 0.25) is 0 Å². The lowest BCUT2D eigenvalue weighted by atomic mass is 10.1. The molecule has 0 fully saturated rings. The van der Waals surface area contributed by atoms with Gasteiger partial charge in [0.25, 0.3) is 5.91 Å². The molecule has 4 rings (SSSR count). The lowest BCUT2D eigenvalue weighted by Crippen LogP contribution is -2.23. The van der Waals surface area contributed by atoms with Gasteiger partial charge in [-0.05, 0) is 30.2 Å². The van der Waals surface area contributed by atoms with Crippen LogP contribution in [0.3, 0.4) is 0 Å². The largest absolute Gasteiger partial charge is 0.497 e. The van der Waals surface area contributed by atoms with Crippen LogP contribution < -0.4 is 15.5 Å². The molecule has 120 valence electrons. The van der Waals surface area contributed by atoms with E-state index in [-0.39, 0.29) is 11.0 Å². The first-order valence-corrected chi connectivity index (χ1v) is 7.78. The number of nitrogens with one attached hydrogen (secondary N) is 1. The van der Waals surface area contributed by atoms with Crippen LogP contribution in [0.1, 0.15) is 15.9 Å². The molecule has 0 bridgehead atoms. The first-order valence-electron chi connectivity index (χ1n) is 7.78. The van der Waals surface area contributed by atoms with Gasteiger partial charge in [0.2, 0.25) is 5.43 Å². The fourth-order valence-electron chi connectivity index (χ4n) is 3.22. The van der Waals surface area contributed by atoms with Gasteiger partial charge in [0.15, 0.2) is 0 Å². The molecule has 1 N–H and O–H groups in total. The SMILES string of the molecule is COc1cccc(NC(=O)c2cn3c4c(cccc4c2=O)CC3)c1. The van der Waals surface area contributed by atoms with E-state index in [1.807, 2.05) is 16.7 Å². The normalized spacial score (nSPS) is 12.4. The van der Waals surface area contributed by atoms with Gasteiger partial charge in [-0.2, -0.15) is 0 Å². The Morgan fingerprint density at radius 1 is 1.21 bits per heavy atom. The van der Waals surface area contributed by atoms with Crippen molar-refractivity contribution >= 4 is 22.5 Å². The summed E-state index contributed by atoms with van der Waals surface area (Å²) in [5.41, 5.74) is 2.62. The van der Waals surface area contributed by atoms with Gasteiger partial charge in [-0.15, -0.1) is 0 Å². The van der Waals surface area contributed by atoms with Crippen LogP contribution in [0.25, 0.3) is 10.9 Å². The van der Waals surface area contributed by atoms with Gasteiger partial charge in [-0.3, -0.25) is 9.59 Å². The number of carbonyl (C=O) groups is 1. The van der Waals surface area contributed by atoms with Crippen molar-refractivity contribution in [3.8, 4) is 5.75 Å². The Hall–Kier alpha value is -3.08. The predicted octanol–water partition coefficient (Wildman–Crippen LogP) is 2.82. The summed E-state index contributed by atoms with van der Waals surface area (Å²) >= 11 is 0. The molecule has 0 saturated carbocycles. The molecule has 1 aliphatic rings. The van der Waals surface area contributed by atoms with E-state index in [0.29, 0.717) is 16.8 Å². The summed E-state index contributed by atoms with van der Waals surface area (Å²) in [7, 11) is 1.57. The number of aryl methyl sites for hydroxylation is 2. The number of methoxy groups -OCH3 is 1. The van der Waals surface area contributed by atoms with Crippen molar-refractivity contribution in [3.05, 3.63) is 70.0 Å². The summed E-state index contributed by atoms with van der Waals surface area (Å²) in [6, 6.07) is 12.7. The van der Waals surface area contributed by atoms with E-state index in [1.54, 1.807) is 43.6 Å². The van der Waals surface area contributed by atoms with Crippen molar-refractivity contribution in [3.63, 3.8) is 0 Å². The molecule has 3 aromatic rings. The average Bonchev–Trinajstić information content (AvgIpc) is 3.02. The molecule has 1 amide bonds. The third-order valence-corrected chi connectivity index (χ3v) is 4.38. The molecule has 0 saturated heterocycles. The molecule has 5 nitrogen and oxygen atoms in total. The minimum atomic E-state index is -0.406. The zero-order chi connectivity index (χ0) is 16.7. The Balaban J connectivity index is 1.76. The highest BCUT2D eigenvalue weighted by molar-refractivity contribution is 6.06. The lowest BCUT2D eigenvalue weighted by Gasteiger charge is -2.10. The number of nitrogens with zero attached hydrogens (tertiary/aromatic N) is 1. The number of amides is 1. The fourth-order valence-corrected chi connectivity index (χ4v) is 3.22. The number of carbonyl (C=O) groups excluding carboxylic acids is 1. The van der Waals surface area contributed by atoms with Gasteiger partial charge in [-0.25, -0.2) is 0 Å². The third-order valence-electron chi connectivity index (χ3n) is 4.38. The number of benzene rings is 2. The third kappa shape index (κ3) is 2.25. The first kappa shape index (κ1) is 14.5. The standard InChI is InChI=1S/C19H16N2O3/c1-24-14-6-3-5-13(10-14)20-19(23)16-11-21-9-8-12-4-2-7-15(17(12)21)18(16)22/h2-7,10-11H,8-9H2,1H3,(H,20,23). The van der Waals surface area contributed by atoms with Crippen molar-refractivity contribution in [1.29, 1.82) is 0 Å². The molecular weight excluding hydrogens is 304 g/mol. The molecule has 0 aliphatic carbocycles. The van der Waals surface area contributed by atoms with Crippen molar-refractivity contribution in [1.82, 2.24) is 4.57 Å². The Kier molecular flexibility index (Phi) is 3.34. The van der Waals surface area contributed by atoms with Crippen LogP contribution in [0.4, 0.5) is 5.69 Å². The summed E-state index contributed by atoms with van der Waals surface area (Å²) in [6.45, 7) is 0.787. The van der Waals surface area contributed by atoms with Crippen LogP contribution in [-0.2, 0) is 13.0 Å². The number of para-hydroxylation sites is 1. The van der Waals surface area contributed by atoms with Gasteiger partial charge >= 0.3 is 0 Å². The number of hydrogen-bond acceptors (Lipinski definition) is 3. The van der Waals surface area contributed by atoms with Crippen LogP contribution in [0.15, 0.2) is 53.5 Å². The van der Waals surface area contributed by atoms with E-state index < -0.39 is 5.91 Å². The average molecular weight is 320 g/mol. The maximum Gasteiger partial charge on any atom is 0.261 e. The topological polar surface area (TPSA) is 60.3 Å². The Labute approximate surface area is 138 Å². The summed E-state index contributed by atoms with van der Waals surface area (Å²) in [5, 5.41) is 3.37. The van der Waals surface area contributed by atoms with Crippen LogP contribution in [-0.4, -0.2) is 17.6 Å². The van der Waals surface area contributed by atoms with Gasteiger partial charge in [0.1, 0.15) is 11.3 Å². The highest BCUT2D eigenvalue weighted by Crippen LogP contribution is 2.24. The number of anilines is 1. The number of pyridine rings is 1. The monoisotopic (exact) mass is 320 g/mol. The second-order valence-electron chi connectivity index (χ2n) is 5.81. The molecule has 2 aromatic carbocycles. The summed E-state index contributed by atoms with van der Waals surface area (Å²) < 4.78 is 7.14. The smallest absolute Gasteiger partial charge is 0.261 e. The van der Waals surface area contributed by atoms with Crippen molar-refractivity contribution in [2.75, 3.05) is 12.4 Å². The minimum Gasteiger partial charge on any atom is -0.497 e. The van der Waals surface area contributed by atoms with E-state index in [2.05, 4.69) is 5.32 Å². The highest BCUT2D eigenvalue weighted by atomic mass is 16.5. The first-order chi connectivity index (χ1) is 11.7. The molecule has 1 aromatic heterocycles. The van der Waals surface area contributed by atoms with Gasteiger partial charge in [0, 0.05) is 29.9 Å². The van der Waals surface area contributed by atoms with Crippen LogP contribution in [0, 0.1) is 0 Å². The van der Waals surface area contributed by atoms with Crippen molar-refractivity contribution in [2.24, 2.45) is 0 Å². The number of hydrogen-bond donors (Lipinski definition) is 1. The summed E-state index contributed by atoms with van der Waals surface area (Å²) in [6.07, 6.45) is 2.55. The Morgan fingerprint density at radius 2 is 2.04 bits per heavy atom. The number of ether oxygens (including phenoxy) is 1. The predicted molar refractivity (Wildman–Crippen MR) is 92.9 cm³/mol. The van der Waals surface area contributed by atoms with Crippen molar-refractivity contribution in [2.45, 2.75) is 13.0 Å². The van der Waals surface area contributed by atoms with E-state index in [0.717, 1.165) is 24.0 Å². The van der Waals surface area contributed by atoms with Gasteiger partial charge in [-0.1, -0.05) is 18.2 Å². The molecule has 24 heavy (non-hydrogen) atoms. The molecule has 2 heterocycles. The van der Waals surface area contributed by atoms with E-state index >= 15 is 0 Å². The van der Waals surface area contributed by atoms with Gasteiger partial charge < -0.3 is 14.6 Å². The van der Waals surface area contributed by atoms with Crippen LogP contribution >= 0.6 is 0 Å². The Morgan fingerprint density at radius 3 is 2.88 bits per heavy atom. The zero-order valence-corrected chi connectivity index (χ0v) is 13.2. The lowest BCUT2D eigenvalue weighted by molar-refractivity contribution is 0.102. The molecule has 5 heteroatoms. The van der Waals surface area contributed by atoms with Gasteiger partial charge in [0.05, 0.1) is 12.6 Å². The van der Waals surface area contributed by atoms with E-state index in [1.165, 1.54) is 0 Å². The maximum atomic E-state index is 12.7. The fraction of sp³-hybridized carbons (Fsp3) is 0.158. The molecule has 0 radical (unpaired) electrons. The quantitative estimate of drug-likeness (QED) is 0.807. The zero-order valence-electron chi connectivity index (χ0n) is 13.2. The van der Waals surface area contributed by atoms with Crippen molar-refractivity contribution < 1.29 is 9.53 Å².